The molecule has 0 amide bonds. The molecule has 1 saturated heterocycles. The largest absolute Gasteiger partial charge is 0.378 e. The summed E-state index contributed by atoms with van der Waals surface area (Å²) in [6, 6.07) is 5.89. The van der Waals surface area contributed by atoms with Gasteiger partial charge >= 0.3 is 5.69 Å². The molecule has 9 heteroatoms. The minimum atomic E-state index is -0.662. The molecule has 8 nitrogen and oxygen atoms in total. The SMILES string of the molecule is Nc1nc(N2CCCCCC2)nc(Nc2ccccc2F)c1[N+](=O)[O-]. The standard InChI is InChI=1S/C16H19FN6O2/c17-11-7-3-4-8-12(11)19-15-13(23(24)25)14(18)20-16(21-15)22-9-5-1-2-6-10-22/h3-4,7-8H,1-2,5-6,9-10H2,(H3,18,19,20,21). The molecule has 0 atom stereocenters. The number of rotatable bonds is 4. The summed E-state index contributed by atoms with van der Waals surface area (Å²) in [6.45, 7) is 1.52. The lowest BCUT2D eigenvalue weighted by molar-refractivity contribution is -0.383. The summed E-state index contributed by atoms with van der Waals surface area (Å²) in [7, 11) is 0. The van der Waals surface area contributed by atoms with E-state index >= 15 is 0 Å². The van der Waals surface area contributed by atoms with Gasteiger partial charge < -0.3 is 16.0 Å². The van der Waals surface area contributed by atoms with Crippen LogP contribution in [0.15, 0.2) is 24.3 Å². The number of nitrogens with one attached hydrogen (secondary N) is 1. The zero-order valence-corrected chi connectivity index (χ0v) is 13.6. The fourth-order valence-electron chi connectivity index (χ4n) is 2.83. The zero-order valence-electron chi connectivity index (χ0n) is 13.6. The van der Waals surface area contributed by atoms with Gasteiger partial charge in [-0.1, -0.05) is 25.0 Å². The Kier molecular flexibility index (Phi) is 4.92. The summed E-state index contributed by atoms with van der Waals surface area (Å²) >= 11 is 0. The first kappa shape index (κ1) is 16.9. The van der Waals surface area contributed by atoms with E-state index in [0.29, 0.717) is 5.95 Å². The van der Waals surface area contributed by atoms with Crippen molar-refractivity contribution in [2.75, 3.05) is 29.0 Å². The highest BCUT2D eigenvalue weighted by atomic mass is 19.1. The Morgan fingerprint density at radius 2 is 1.84 bits per heavy atom. The van der Waals surface area contributed by atoms with Crippen LogP contribution in [-0.2, 0) is 0 Å². The van der Waals surface area contributed by atoms with E-state index in [1.54, 1.807) is 6.07 Å². The van der Waals surface area contributed by atoms with E-state index in [9.17, 15) is 14.5 Å². The van der Waals surface area contributed by atoms with Gasteiger partial charge in [-0.25, -0.2) is 4.39 Å². The average molecular weight is 346 g/mol. The third kappa shape index (κ3) is 3.76. The molecule has 0 saturated carbocycles. The Morgan fingerprint density at radius 1 is 1.16 bits per heavy atom. The molecule has 1 aromatic heterocycles. The van der Waals surface area contributed by atoms with Gasteiger partial charge in [0.2, 0.25) is 17.6 Å². The molecule has 1 aromatic carbocycles. The van der Waals surface area contributed by atoms with Crippen molar-refractivity contribution in [3.8, 4) is 0 Å². The Balaban J connectivity index is 2.01. The maximum absolute atomic E-state index is 13.9. The van der Waals surface area contributed by atoms with E-state index in [1.807, 2.05) is 4.90 Å². The van der Waals surface area contributed by atoms with Crippen molar-refractivity contribution < 1.29 is 9.31 Å². The number of nitrogens with zero attached hydrogens (tertiary/aromatic N) is 4. The molecule has 3 rings (SSSR count). The molecule has 0 radical (unpaired) electrons. The average Bonchev–Trinajstić information content (AvgIpc) is 2.85. The number of anilines is 4. The Hall–Kier alpha value is -2.97. The Morgan fingerprint density at radius 3 is 2.48 bits per heavy atom. The van der Waals surface area contributed by atoms with E-state index in [1.165, 1.54) is 18.2 Å². The third-order valence-electron chi connectivity index (χ3n) is 4.10. The Labute approximate surface area is 144 Å². The lowest BCUT2D eigenvalue weighted by Gasteiger charge is -2.21. The van der Waals surface area contributed by atoms with Gasteiger partial charge in [-0.3, -0.25) is 10.1 Å². The number of hydrogen-bond acceptors (Lipinski definition) is 7. The molecule has 0 aliphatic carbocycles. The van der Waals surface area contributed by atoms with E-state index in [2.05, 4.69) is 15.3 Å². The first-order valence-electron chi connectivity index (χ1n) is 8.14. The molecule has 0 bridgehead atoms. The van der Waals surface area contributed by atoms with Crippen LogP contribution < -0.4 is 16.0 Å². The van der Waals surface area contributed by atoms with Gasteiger partial charge in [-0.05, 0) is 25.0 Å². The first-order valence-corrected chi connectivity index (χ1v) is 8.14. The predicted molar refractivity (Wildman–Crippen MR) is 93.5 cm³/mol. The summed E-state index contributed by atoms with van der Waals surface area (Å²) in [5.74, 6) is -0.561. The highest BCUT2D eigenvalue weighted by Gasteiger charge is 2.26. The van der Waals surface area contributed by atoms with Crippen molar-refractivity contribution in [1.82, 2.24) is 9.97 Å². The number of halogens is 1. The normalized spacial score (nSPS) is 14.8. The van der Waals surface area contributed by atoms with E-state index in [4.69, 9.17) is 5.73 Å². The minimum absolute atomic E-state index is 0.0884. The molecule has 3 N–H and O–H groups in total. The van der Waals surface area contributed by atoms with Crippen LogP contribution in [0.25, 0.3) is 0 Å². The molecule has 0 spiro atoms. The van der Waals surface area contributed by atoms with Gasteiger partial charge in [0.25, 0.3) is 0 Å². The van der Waals surface area contributed by atoms with Crippen LogP contribution in [0.1, 0.15) is 25.7 Å². The number of aromatic nitrogens is 2. The summed E-state index contributed by atoms with van der Waals surface area (Å²) in [4.78, 5) is 21.0. The second-order valence-electron chi connectivity index (χ2n) is 5.87. The van der Waals surface area contributed by atoms with Gasteiger partial charge in [0.15, 0.2) is 0 Å². The van der Waals surface area contributed by atoms with Gasteiger partial charge in [0.1, 0.15) is 5.82 Å². The minimum Gasteiger partial charge on any atom is -0.378 e. The lowest BCUT2D eigenvalue weighted by atomic mass is 10.2. The van der Waals surface area contributed by atoms with Gasteiger partial charge in [0, 0.05) is 13.1 Å². The smallest absolute Gasteiger partial charge is 0.353 e. The maximum Gasteiger partial charge on any atom is 0.353 e. The molecule has 25 heavy (non-hydrogen) atoms. The number of nitrogen functional groups attached to an aromatic ring is 1. The number of hydrogen-bond donors (Lipinski definition) is 2. The molecule has 1 aliphatic rings. The number of para-hydroxylation sites is 1. The fourth-order valence-corrected chi connectivity index (χ4v) is 2.83. The highest BCUT2D eigenvalue weighted by molar-refractivity contribution is 5.74. The van der Waals surface area contributed by atoms with Crippen LogP contribution in [-0.4, -0.2) is 28.0 Å². The van der Waals surface area contributed by atoms with Crippen molar-refractivity contribution in [3.63, 3.8) is 0 Å². The first-order chi connectivity index (χ1) is 12.1. The summed E-state index contributed by atoms with van der Waals surface area (Å²) in [5.41, 5.74) is 5.44. The summed E-state index contributed by atoms with van der Waals surface area (Å²) in [5, 5.41) is 14.0. The van der Waals surface area contributed by atoms with Gasteiger partial charge in [-0.2, -0.15) is 9.97 Å². The van der Waals surface area contributed by atoms with Crippen molar-refractivity contribution in [2.24, 2.45) is 0 Å². The highest BCUT2D eigenvalue weighted by Crippen LogP contribution is 2.33. The maximum atomic E-state index is 13.9. The molecule has 2 heterocycles. The predicted octanol–water partition coefficient (Wildman–Crippen LogP) is 3.23. The van der Waals surface area contributed by atoms with Crippen molar-refractivity contribution in [1.29, 1.82) is 0 Å². The Bertz CT molecular complexity index is 777. The monoisotopic (exact) mass is 346 g/mol. The second-order valence-corrected chi connectivity index (χ2v) is 5.87. The zero-order chi connectivity index (χ0) is 17.8. The summed E-state index contributed by atoms with van der Waals surface area (Å²) < 4.78 is 13.9. The second kappa shape index (κ2) is 7.29. The third-order valence-corrected chi connectivity index (χ3v) is 4.10. The van der Waals surface area contributed by atoms with E-state index in [-0.39, 0.29) is 17.3 Å². The van der Waals surface area contributed by atoms with Crippen LogP contribution >= 0.6 is 0 Å². The van der Waals surface area contributed by atoms with E-state index in [0.717, 1.165) is 38.8 Å². The van der Waals surface area contributed by atoms with E-state index < -0.39 is 16.4 Å². The molecule has 132 valence electrons. The van der Waals surface area contributed by atoms with Crippen molar-refractivity contribution >= 4 is 29.0 Å². The van der Waals surface area contributed by atoms with Crippen LogP contribution in [0, 0.1) is 15.9 Å². The van der Waals surface area contributed by atoms with Crippen molar-refractivity contribution in [3.05, 3.63) is 40.2 Å². The molecule has 1 aliphatic heterocycles. The van der Waals surface area contributed by atoms with Crippen LogP contribution in [0.3, 0.4) is 0 Å². The van der Waals surface area contributed by atoms with Crippen LogP contribution in [0.5, 0.6) is 0 Å². The van der Waals surface area contributed by atoms with Crippen LogP contribution in [0.2, 0.25) is 0 Å². The number of nitro groups is 1. The molecule has 0 unspecified atom stereocenters. The quantitative estimate of drug-likeness (QED) is 0.646. The summed E-state index contributed by atoms with van der Waals surface area (Å²) in [6.07, 6.45) is 4.24. The number of benzene rings is 1. The van der Waals surface area contributed by atoms with Crippen LogP contribution in [0.4, 0.5) is 33.3 Å². The molecule has 2 aromatic rings. The van der Waals surface area contributed by atoms with Crippen molar-refractivity contribution in [2.45, 2.75) is 25.7 Å². The van der Waals surface area contributed by atoms with Gasteiger partial charge in [0.05, 0.1) is 10.6 Å². The number of nitrogens with two attached hydrogens (primary N) is 1. The fraction of sp³-hybridized carbons (Fsp3) is 0.375. The molecular formula is C16H19FN6O2. The topological polar surface area (TPSA) is 110 Å². The van der Waals surface area contributed by atoms with Gasteiger partial charge in [-0.15, -0.1) is 0 Å². The molecule has 1 fully saturated rings. The molecular weight excluding hydrogens is 327 g/mol. The lowest BCUT2D eigenvalue weighted by Crippen LogP contribution is -2.26.